The molecule has 0 spiro atoms. The maximum absolute atomic E-state index is 13.9. The van der Waals surface area contributed by atoms with Crippen LogP contribution < -0.4 is 31.2 Å². The van der Waals surface area contributed by atoms with E-state index in [1.807, 2.05) is 60.7 Å². The molecule has 19 nitrogen and oxygen atoms in total. The third kappa shape index (κ3) is 11.5. The first-order chi connectivity index (χ1) is 40.2. The highest BCUT2D eigenvalue weighted by atomic mass is 32.2. The molecule has 432 valence electrons. The van der Waals surface area contributed by atoms with Crippen molar-refractivity contribution in [3.63, 3.8) is 0 Å². The summed E-state index contributed by atoms with van der Waals surface area (Å²) in [5.41, 5.74) is 10.6. The Kier molecular flexibility index (Phi) is 16.3. The minimum Gasteiger partial charge on any atom is -0.506 e. The Morgan fingerprint density at radius 2 is 0.917 bits per heavy atom. The number of anilines is 4. The Balaban J connectivity index is 0.792. The molecular weight excluding hydrogens is 1120 g/mol. The number of sulfone groups is 2. The summed E-state index contributed by atoms with van der Waals surface area (Å²) in [7, 11) is -8.41. The fraction of sp³-hybridized carbons (Fsp3) is 0.175. The van der Waals surface area contributed by atoms with Crippen LogP contribution in [0, 0.1) is 11.8 Å². The molecule has 0 heterocycles. The van der Waals surface area contributed by atoms with E-state index in [0.29, 0.717) is 11.5 Å². The number of hydrogen-bond donors (Lipinski definition) is 11. The number of ether oxygens (including phenoxy) is 2. The van der Waals surface area contributed by atoms with Crippen molar-refractivity contribution in [1.82, 2.24) is 0 Å². The number of carbonyl (C=O) groups is 2. The Bertz CT molecular complexity index is 4020. The van der Waals surface area contributed by atoms with Gasteiger partial charge in [-0.15, -0.1) is 0 Å². The number of aromatic hydroxyl groups is 4. The molecule has 84 heavy (non-hydrogen) atoms. The zero-order valence-corrected chi connectivity index (χ0v) is 46.3. The van der Waals surface area contributed by atoms with Crippen LogP contribution in [-0.4, -0.2) is 103 Å². The molecular formula is C63H58N4O15S2. The third-order valence-corrected chi connectivity index (χ3v) is 18.5. The first-order valence-corrected chi connectivity index (χ1v) is 29.5. The Labute approximate surface area is 483 Å². The molecule has 0 saturated heterocycles. The fourth-order valence-electron chi connectivity index (χ4n) is 10.6. The van der Waals surface area contributed by atoms with Gasteiger partial charge in [0.1, 0.15) is 59.9 Å². The van der Waals surface area contributed by atoms with Gasteiger partial charge in [-0.3, -0.25) is 9.59 Å². The number of phenolic OH excluding ortho intramolecular Hbond substituents is 4. The number of nitrogens with one attached hydrogen (secondary N) is 3. The zero-order chi connectivity index (χ0) is 59.5. The standard InChI is InChI=1S/C63H58N4O15S2/c64-53-29-43(21-25-57(53)70)83(77,78)44-22-26-58(71)54(30-44)65-33-39(68)35-81-41-17-13-37(14-18-41)63(51-11-5-3-7-47(51)48-8-4-6-12-52(48)63)38-15-19-42(20-16-38)82-36-40(69)34-66-55-31-45(23-27-59(55)72)84(79,80)46-24-28-60(73)56(32-46)67-61(74)49-9-1-2-10-50(49)62(75)76/h1-8,11-32,39-40,49-50,65-66,68-73H,9-10,33-36,64H2,(H,67,74)(H,75,76). The number of carbonyl (C=O) groups excluding carboxylic acids is 1. The molecule has 0 radical (unpaired) electrons. The molecule has 0 saturated carbocycles. The van der Waals surface area contributed by atoms with Gasteiger partial charge >= 0.3 is 5.97 Å². The number of nitrogen functional groups attached to an aromatic ring is 1. The molecule has 2 aliphatic rings. The van der Waals surface area contributed by atoms with Crippen molar-refractivity contribution in [1.29, 1.82) is 0 Å². The van der Waals surface area contributed by atoms with Gasteiger partial charge in [0.15, 0.2) is 0 Å². The van der Waals surface area contributed by atoms with E-state index in [1.165, 1.54) is 48.5 Å². The van der Waals surface area contributed by atoms with Crippen molar-refractivity contribution in [2.75, 3.05) is 48.0 Å². The highest BCUT2D eigenvalue weighted by Gasteiger charge is 2.46. The number of allylic oxidation sites excluding steroid dienone is 2. The van der Waals surface area contributed by atoms with Gasteiger partial charge in [0.2, 0.25) is 25.6 Å². The largest absolute Gasteiger partial charge is 0.506 e. The predicted octanol–water partition coefficient (Wildman–Crippen LogP) is 8.43. The second-order valence-electron chi connectivity index (χ2n) is 20.3. The number of rotatable bonds is 21. The molecule has 0 fully saturated rings. The van der Waals surface area contributed by atoms with E-state index in [1.54, 1.807) is 24.3 Å². The number of hydrogen-bond acceptors (Lipinski definition) is 17. The lowest BCUT2D eigenvalue weighted by molar-refractivity contribution is -0.146. The van der Waals surface area contributed by atoms with Crippen LogP contribution in [0.25, 0.3) is 11.1 Å². The van der Waals surface area contributed by atoms with E-state index in [-0.39, 0.29) is 98.7 Å². The number of nitrogens with two attached hydrogens (primary N) is 1. The van der Waals surface area contributed by atoms with Crippen molar-refractivity contribution in [3.05, 3.63) is 204 Å². The number of aliphatic hydroxyl groups excluding tert-OH is 2. The van der Waals surface area contributed by atoms with E-state index < -0.39 is 66.8 Å². The van der Waals surface area contributed by atoms with E-state index in [0.717, 1.165) is 57.6 Å². The van der Waals surface area contributed by atoms with Crippen LogP contribution in [0.1, 0.15) is 35.1 Å². The molecule has 12 N–H and O–H groups in total. The van der Waals surface area contributed by atoms with Gasteiger partial charge in [-0.1, -0.05) is 84.9 Å². The Morgan fingerprint density at radius 3 is 1.36 bits per heavy atom. The molecule has 8 aromatic carbocycles. The monoisotopic (exact) mass is 1170 g/mol. The van der Waals surface area contributed by atoms with Crippen LogP contribution in [0.2, 0.25) is 0 Å². The number of benzene rings is 8. The lowest BCUT2D eigenvalue weighted by atomic mass is 9.68. The maximum Gasteiger partial charge on any atom is 0.307 e. The van der Waals surface area contributed by atoms with Crippen LogP contribution in [0.4, 0.5) is 22.7 Å². The third-order valence-electron chi connectivity index (χ3n) is 15.0. The summed E-state index contributed by atoms with van der Waals surface area (Å²) in [5.74, 6) is -4.13. The lowest BCUT2D eigenvalue weighted by Gasteiger charge is -2.34. The van der Waals surface area contributed by atoms with Crippen LogP contribution in [0.15, 0.2) is 202 Å². The van der Waals surface area contributed by atoms with Gasteiger partial charge in [-0.05, 0) is 143 Å². The minimum absolute atomic E-state index is 0.0113. The number of aliphatic hydroxyl groups is 2. The summed E-state index contributed by atoms with van der Waals surface area (Å²) < 4.78 is 66.6. The minimum atomic E-state index is -4.33. The second-order valence-corrected chi connectivity index (χ2v) is 24.2. The number of amides is 1. The van der Waals surface area contributed by atoms with E-state index in [9.17, 15) is 62.2 Å². The van der Waals surface area contributed by atoms with Crippen LogP contribution in [0.5, 0.6) is 34.5 Å². The number of phenols is 4. The van der Waals surface area contributed by atoms with Crippen molar-refractivity contribution >= 4 is 54.3 Å². The van der Waals surface area contributed by atoms with Gasteiger partial charge in [-0.2, -0.15) is 0 Å². The van der Waals surface area contributed by atoms with Gasteiger partial charge in [0.25, 0.3) is 0 Å². The van der Waals surface area contributed by atoms with Gasteiger partial charge in [0, 0.05) is 13.1 Å². The molecule has 0 bridgehead atoms. The smallest absolute Gasteiger partial charge is 0.307 e. The topological polar surface area (TPSA) is 325 Å². The van der Waals surface area contributed by atoms with Gasteiger partial charge in [0.05, 0.1) is 59.6 Å². The number of carboxylic acids is 1. The normalized spacial score (nSPS) is 15.9. The molecule has 10 rings (SSSR count). The van der Waals surface area contributed by atoms with Crippen LogP contribution >= 0.6 is 0 Å². The summed E-state index contributed by atoms with van der Waals surface area (Å²) in [6.45, 7) is -0.634. The highest BCUT2D eigenvalue weighted by molar-refractivity contribution is 7.91. The molecule has 1 amide bonds. The van der Waals surface area contributed by atoms with Crippen molar-refractivity contribution < 1.29 is 71.6 Å². The average molecular weight is 1180 g/mol. The Hall–Kier alpha value is -9.54. The summed E-state index contributed by atoms with van der Waals surface area (Å²) in [6.07, 6.45) is 1.42. The van der Waals surface area contributed by atoms with Crippen molar-refractivity contribution in [2.24, 2.45) is 11.8 Å². The zero-order valence-electron chi connectivity index (χ0n) is 44.7. The number of aliphatic carboxylic acids is 1. The number of fused-ring (bicyclic) bond motifs is 3. The fourth-order valence-corrected chi connectivity index (χ4v) is 13.2. The maximum atomic E-state index is 13.9. The van der Waals surface area contributed by atoms with Gasteiger partial charge in [-0.25, -0.2) is 16.8 Å². The summed E-state index contributed by atoms with van der Waals surface area (Å²) in [4.78, 5) is 24.1. The lowest BCUT2D eigenvalue weighted by Crippen LogP contribution is -2.34. The quantitative estimate of drug-likeness (QED) is 0.0183. The first-order valence-electron chi connectivity index (χ1n) is 26.5. The van der Waals surface area contributed by atoms with Crippen molar-refractivity contribution in [2.45, 2.75) is 50.0 Å². The van der Waals surface area contributed by atoms with Crippen molar-refractivity contribution in [3.8, 4) is 45.6 Å². The summed E-state index contributed by atoms with van der Waals surface area (Å²) in [5, 5.41) is 81.6. The second kappa shape index (κ2) is 23.7. The van der Waals surface area contributed by atoms with E-state index in [2.05, 4.69) is 40.2 Å². The van der Waals surface area contributed by atoms with E-state index >= 15 is 0 Å². The number of carboxylic acid groups (broad SMARTS) is 1. The van der Waals surface area contributed by atoms with E-state index in [4.69, 9.17) is 15.2 Å². The molecule has 21 heteroatoms. The Morgan fingerprint density at radius 1 is 0.524 bits per heavy atom. The average Bonchev–Trinajstić information content (AvgIpc) is 2.01. The van der Waals surface area contributed by atoms with Crippen LogP contribution in [-0.2, 0) is 34.7 Å². The summed E-state index contributed by atoms with van der Waals surface area (Å²) >= 11 is 0. The molecule has 2 aliphatic carbocycles. The molecule has 8 aromatic rings. The SMILES string of the molecule is Nc1cc(S(=O)(=O)c2ccc(O)c(NCC(O)COc3ccc(C4(c5ccc(OCC(O)CNc6cc(S(=O)(=O)c7ccc(O)c(NC(=O)C8CC=CCC8C(=O)O)c7)ccc6O)cc5)c5ccccc5-c5ccccc54)cc3)c2)ccc1O. The molecule has 0 aromatic heterocycles. The summed E-state index contributed by atoms with van der Waals surface area (Å²) in [6, 6.07) is 45.4. The molecule has 4 unspecified atom stereocenters. The van der Waals surface area contributed by atoms with Crippen LogP contribution in [0.3, 0.4) is 0 Å². The first kappa shape index (κ1) is 57.7. The highest BCUT2D eigenvalue weighted by Crippen LogP contribution is 2.56. The molecule has 0 aliphatic heterocycles. The predicted molar refractivity (Wildman–Crippen MR) is 313 cm³/mol. The molecule has 4 atom stereocenters. The van der Waals surface area contributed by atoms with Gasteiger partial charge < -0.3 is 66.9 Å².